The summed E-state index contributed by atoms with van der Waals surface area (Å²) in [6.45, 7) is 9.43. The molecule has 2 atom stereocenters. The van der Waals surface area contributed by atoms with Crippen molar-refractivity contribution < 1.29 is 14.3 Å². The predicted octanol–water partition coefficient (Wildman–Crippen LogP) is 3.05. The van der Waals surface area contributed by atoms with Crippen LogP contribution in [-0.2, 0) is 4.74 Å². The van der Waals surface area contributed by atoms with Gasteiger partial charge in [0.25, 0.3) is 5.91 Å². The second-order valence-electron chi connectivity index (χ2n) is 8.43. The molecule has 3 N–H and O–H groups in total. The van der Waals surface area contributed by atoms with Crippen molar-refractivity contribution in [3.8, 4) is 5.75 Å². The number of halogens is 1. The molecule has 2 unspecified atom stereocenters. The highest BCUT2D eigenvalue weighted by molar-refractivity contribution is 14.0. The fraction of sp³-hybridized carbons (Fsp3) is 0.636. The molecule has 2 rings (SSSR count). The quantitative estimate of drug-likeness (QED) is 0.218. The standard InChI is InChI=1S/C22H36N4O3.HI/c1-22(2,3)19-17(9-7-13-29-19)15-26-21(23-4)25-12-11-24-20(27)16-8-6-10-18(14-16)28-5;/h6,8,10,14,17,19H,7,9,11-13,15H2,1-5H3,(H,24,27)(H2,23,25,26);1H. The summed E-state index contributed by atoms with van der Waals surface area (Å²) in [5, 5.41) is 9.56. The number of guanidine groups is 1. The first-order valence-corrected chi connectivity index (χ1v) is 10.3. The van der Waals surface area contributed by atoms with Crippen LogP contribution in [0, 0.1) is 11.3 Å². The molecule has 0 radical (unpaired) electrons. The molecule has 0 aromatic heterocycles. The van der Waals surface area contributed by atoms with Gasteiger partial charge in [0.05, 0.1) is 13.2 Å². The van der Waals surface area contributed by atoms with Crippen LogP contribution in [0.4, 0.5) is 0 Å². The van der Waals surface area contributed by atoms with E-state index in [0.29, 0.717) is 30.3 Å². The number of rotatable bonds is 7. The van der Waals surface area contributed by atoms with Crippen LogP contribution in [-0.4, -0.2) is 58.4 Å². The maximum atomic E-state index is 12.2. The minimum Gasteiger partial charge on any atom is -0.497 e. The number of amides is 1. The van der Waals surface area contributed by atoms with Crippen LogP contribution in [0.1, 0.15) is 44.0 Å². The normalized spacial score (nSPS) is 19.4. The Balaban J connectivity index is 0.00000450. The van der Waals surface area contributed by atoms with Crippen molar-refractivity contribution in [2.45, 2.75) is 39.7 Å². The Morgan fingerprint density at radius 3 is 2.63 bits per heavy atom. The summed E-state index contributed by atoms with van der Waals surface area (Å²) in [5.74, 6) is 1.73. The molecule has 8 heteroatoms. The lowest BCUT2D eigenvalue weighted by molar-refractivity contribution is -0.0835. The van der Waals surface area contributed by atoms with Crippen molar-refractivity contribution in [1.29, 1.82) is 0 Å². The van der Waals surface area contributed by atoms with E-state index in [2.05, 4.69) is 41.7 Å². The molecule has 1 aromatic carbocycles. The van der Waals surface area contributed by atoms with E-state index in [0.717, 1.165) is 32.0 Å². The number of nitrogens with zero attached hydrogens (tertiary/aromatic N) is 1. The van der Waals surface area contributed by atoms with Crippen molar-refractivity contribution in [3.05, 3.63) is 29.8 Å². The maximum Gasteiger partial charge on any atom is 0.251 e. The predicted molar refractivity (Wildman–Crippen MR) is 132 cm³/mol. The van der Waals surface area contributed by atoms with Gasteiger partial charge in [-0.2, -0.15) is 0 Å². The largest absolute Gasteiger partial charge is 0.497 e. The van der Waals surface area contributed by atoms with Crippen LogP contribution >= 0.6 is 24.0 Å². The molecule has 1 fully saturated rings. The maximum absolute atomic E-state index is 12.2. The number of carbonyl (C=O) groups is 1. The van der Waals surface area contributed by atoms with Gasteiger partial charge in [-0.3, -0.25) is 9.79 Å². The molecule has 1 aliphatic rings. The molecule has 0 aliphatic carbocycles. The van der Waals surface area contributed by atoms with E-state index in [4.69, 9.17) is 9.47 Å². The zero-order valence-corrected chi connectivity index (χ0v) is 21.1. The number of aliphatic imine (C=N–C) groups is 1. The number of hydrogen-bond acceptors (Lipinski definition) is 4. The van der Waals surface area contributed by atoms with Crippen molar-refractivity contribution >= 4 is 35.8 Å². The van der Waals surface area contributed by atoms with E-state index in [1.54, 1.807) is 32.4 Å². The number of carbonyl (C=O) groups excluding carboxylic acids is 1. The van der Waals surface area contributed by atoms with Gasteiger partial charge < -0.3 is 25.4 Å². The lowest BCUT2D eigenvalue weighted by Gasteiger charge is -2.40. The number of hydrogen-bond donors (Lipinski definition) is 3. The molecule has 0 spiro atoms. The number of benzene rings is 1. The highest BCUT2D eigenvalue weighted by Gasteiger charge is 2.35. The summed E-state index contributed by atoms with van der Waals surface area (Å²) in [6, 6.07) is 7.11. The molecule has 170 valence electrons. The highest BCUT2D eigenvalue weighted by atomic mass is 127. The molecule has 0 saturated carbocycles. The van der Waals surface area contributed by atoms with Crippen LogP contribution in [0.2, 0.25) is 0 Å². The molecule has 1 amide bonds. The summed E-state index contributed by atoms with van der Waals surface area (Å²) in [6.07, 6.45) is 2.49. The first kappa shape index (κ1) is 26.5. The Bertz CT molecular complexity index is 691. The average molecular weight is 532 g/mol. The van der Waals surface area contributed by atoms with E-state index < -0.39 is 0 Å². The summed E-state index contributed by atoms with van der Waals surface area (Å²) < 4.78 is 11.2. The van der Waals surface area contributed by atoms with E-state index in [1.807, 2.05) is 6.07 Å². The Morgan fingerprint density at radius 1 is 1.23 bits per heavy atom. The Labute approximate surface area is 197 Å². The monoisotopic (exact) mass is 532 g/mol. The molecule has 1 aromatic rings. The van der Waals surface area contributed by atoms with Gasteiger partial charge in [-0.05, 0) is 36.5 Å². The summed E-state index contributed by atoms with van der Waals surface area (Å²) in [5.41, 5.74) is 0.700. The number of methoxy groups -OCH3 is 1. The fourth-order valence-electron chi connectivity index (χ4n) is 3.68. The van der Waals surface area contributed by atoms with Gasteiger partial charge in [0.15, 0.2) is 5.96 Å². The minimum absolute atomic E-state index is 0. The van der Waals surface area contributed by atoms with E-state index >= 15 is 0 Å². The summed E-state index contributed by atoms with van der Waals surface area (Å²) >= 11 is 0. The zero-order valence-electron chi connectivity index (χ0n) is 18.8. The second kappa shape index (κ2) is 13.0. The lowest BCUT2D eigenvalue weighted by Crippen LogP contribution is -2.48. The van der Waals surface area contributed by atoms with Crippen molar-refractivity contribution in [1.82, 2.24) is 16.0 Å². The molecular formula is C22H37IN4O3. The second-order valence-corrected chi connectivity index (χ2v) is 8.43. The van der Waals surface area contributed by atoms with Crippen molar-refractivity contribution in [2.75, 3.05) is 40.4 Å². The first-order chi connectivity index (χ1) is 13.8. The number of nitrogens with one attached hydrogen (secondary N) is 3. The lowest BCUT2D eigenvalue weighted by atomic mass is 9.78. The smallest absolute Gasteiger partial charge is 0.251 e. The van der Waals surface area contributed by atoms with E-state index in [-0.39, 0.29) is 41.4 Å². The van der Waals surface area contributed by atoms with Gasteiger partial charge in [0.1, 0.15) is 5.75 Å². The van der Waals surface area contributed by atoms with Gasteiger partial charge in [-0.15, -0.1) is 24.0 Å². The van der Waals surface area contributed by atoms with Gasteiger partial charge in [0, 0.05) is 44.8 Å². The van der Waals surface area contributed by atoms with Crippen molar-refractivity contribution in [3.63, 3.8) is 0 Å². The Morgan fingerprint density at radius 2 is 1.97 bits per heavy atom. The van der Waals surface area contributed by atoms with Crippen LogP contribution in [0.5, 0.6) is 5.75 Å². The third kappa shape index (κ3) is 8.29. The molecule has 1 heterocycles. The van der Waals surface area contributed by atoms with E-state index in [9.17, 15) is 4.79 Å². The highest BCUT2D eigenvalue weighted by Crippen LogP contribution is 2.33. The minimum atomic E-state index is -0.124. The van der Waals surface area contributed by atoms with Gasteiger partial charge in [-0.1, -0.05) is 26.8 Å². The van der Waals surface area contributed by atoms with Crippen LogP contribution < -0.4 is 20.7 Å². The molecule has 1 aliphatic heterocycles. The SMILES string of the molecule is CN=C(NCCNC(=O)c1cccc(OC)c1)NCC1CCCOC1C(C)(C)C.I. The van der Waals surface area contributed by atoms with Gasteiger partial charge in [-0.25, -0.2) is 0 Å². The van der Waals surface area contributed by atoms with E-state index in [1.165, 1.54) is 0 Å². The van der Waals surface area contributed by atoms with Crippen LogP contribution in [0.3, 0.4) is 0 Å². The third-order valence-corrected chi connectivity index (χ3v) is 5.09. The fourth-order valence-corrected chi connectivity index (χ4v) is 3.68. The number of ether oxygens (including phenoxy) is 2. The molecule has 0 bridgehead atoms. The molecular weight excluding hydrogens is 495 g/mol. The third-order valence-electron chi connectivity index (χ3n) is 5.09. The zero-order chi connectivity index (χ0) is 21.3. The summed E-state index contributed by atoms with van der Waals surface area (Å²) in [4.78, 5) is 16.5. The first-order valence-electron chi connectivity index (χ1n) is 10.3. The summed E-state index contributed by atoms with van der Waals surface area (Å²) in [7, 11) is 3.34. The average Bonchev–Trinajstić information content (AvgIpc) is 2.72. The van der Waals surface area contributed by atoms with Crippen LogP contribution in [0.15, 0.2) is 29.3 Å². The van der Waals surface area contributed by atoms with Crippen LogP contribution in [0.25, 0.3) is 0 Å². The van der Waals surface area contributed by atoms with Gasteiger partial charge in [0.2, 0.25) is 0 Å². The Kier molecular flexibility index (Phi) is 11.5. The molecule has 30 heavy (non-hydrogen) atoms. The molecule has 1 saturated heterocycles. The van der Waals surface area contributed by atoms with Crippen molar-refractivity contribution in [2.24, 2.45) is 16.3 Å². The molecule has 7 nitrogen and oxygen atoms in total. The Hall–Kier alpha value is -1.55. The topological polar surface area (TPSA) is 84.0 Å². The van der Waals surface area contributed by atoms with Gasteiger partial charge >= 0.3 is 0 Å².